The number of hydrogen-bond donors (Lipinski definition) is 0. The minimum atomic E-state index is -0.448. The first-order valence-electron chi connectivity index (χ1n) is 11.3. The van der Waals surface area contributed by atoms with Crippen molar-refractivity contribution in [3.05, 3.63) is 75.9 Å². The minimum absolute atomic E-state index is 0.00951. The van der Waals surface area contributed by atoms with Crippen molar-refractivity contribution in [3.8, 4) is 17.1 Å². The molecule has 2 heterocycles. The van der Waals surface area contributed by atoms with E-state index in [-0.39, 0.29) is 5.69 Å². The molecular formula is C24H26N6O4S. The Bertz CT molecular complexity index is 1270. The number of ether oxygens (including phenoxy) is 1. The van der Waals surface area contributed by atoms with Crippen molar-refractivity contribution in [2.75, 3.05) is 0 Å². The predicted molar refractivity (Wildman–Crippen MR) is 131 cm³/mol. The second kappa shape index (κ2) is 11.1. The summed E-state index contributed by atoms with van der Waals surface area (Å²) in [5.74, 6) is 3.15. The van der Waals surface area contributed by atoms with Crippen LogP contribution in [0.3, 0.4) is 0 Å². The summed E-state index contributed by atoms with van der Waals surface area (Å²) in [5.41, 5.74) is 1.91. The van der Waals surface area contributed by atoms with Gasteiger partial charge in [0.05, 0.1) is 10.7 Å². The van der Waals surface area contributed by atoms with Crippen molar-refractivity contribution in [1.82, 2.24) is 24.9 Å². The highest BCUT2D eigenvalue weighted by Gasteiger charge is 2.17. The number of nitro groups is 1. The summed E-state index contributed by atoms with van der Waals surface area (Å²) in [6.07, 6.45) is 0.985. The molecular weight excluding hydrogens is 468 g/mol. The third-order valence-electron chi connectivity index (χ3n) is 5.17. The molecule has 0 saturated heterocycles. The standard InChI is InChI=1S/C24H26N6O4S/c1-4-17-5-11-20(12-6-17)33-14-21-26-27-24(29(21)13-16(2)3)35-15-22-25-23(28-34-22)18-7-9-19(10-8-18)30(31)32/h5-12,16H,4,13-15H2,1-3H3. The maximum atomic E-state index is 10.8. The molecule has 4 aromatic rings. The Balaban J connectivity index is 1.42. The average molecular weight is 495 g/mol. The molecule has 0 aliphatic rings. The number of aryl methyl sites for hydroxylation is 1. The van der Waals surface area contributed by atoms with E-state index in [9.17, 15) is 10.1 Å². The molecule has 4 rings (SSSR count). The van der Waals surface area contributed by atoms with Crippen LogP contribution in [-0.4, -0.2) is 29.8 Å². The maximum Gasteiger partial charge on any atom is 0.269 e. The van der Waals surface area contributed by atoms with Crippen LogP contribution < -0.4 is 4.74 Å². The highest BCUT2D eigenvalue weighted by Crippen LogP contribution is 2.25. The number of benzene rings is 2. The Morgan fingerprint density at radius 2 is 1.86 bits per heavy atom. The molecule has 0 aliphatic carbocycles. The normalized spacial score (nSPS) is 11.2. The molecule has 0 atom stereocenters. The van der Waals surface area contributed by atoms with Crippen molar-refractivity contribution in [2.24, 2.45) is 5.92 Å². The lowest BCUT2D eigenvalue weighted by Crippen LogP contribution is -2.12. The number of hydrogen-bond acceptors (Lipinski definition) is 9. The van der Waals surface area contributed by atoms with E-state index in [1.165, 1.54) is 29.5 Å². The molecule has 2 aromatic heterocycles. The third-order valence-corrected chi connectivity index (χ3v) is 6.12. The van der Waals surface area contributed by atoms with Gasteiger partial charge in [0.15, 0.2) is 11.0 Å². The zero-order valence-electron chi connectivity index (χ0n) is 19.7. The summed E-state index contributed by atoms with van der Waals surface area (Å²) in [4.78, 5) is 14.8. The van der Waals surface area contributed by atoms with Gasteiger partial charge in [0.2, 0.25) is 11.7 Å². The van der Waals surface area contributed by atoms with E-state index in [2.05, 4.69) is 57.8 Å². The van der Waals surface area contributed by atoms with Crippen molar-refractivity contribution in [3.63, 3.8) is 0 Å². The van der Waals surface area contributed by atoms with Gasteiger partial charge >= 0.3 is 0 Å². The largest absolute Gasteiger partial charge is 0.486 e. The summed E-state index contributed by atoms with van der Waals surface area (Å²) in [5, 5.41) is 24.3. The summed E-state index contributed by atoms with van der Waals surface area (Å²) in [6.45, 7) is 7.46. The zero-order valence-corrected chi connectivity index (χ0v) is 20.6. The number of aromatic nitrogens is 5. The van der Waals surface area contributed by atoms with Gasteiger partial charge in [-0.05, 0) is 42.2 Å². The molecule has 0 unspecified atom stereocenters. The van der Waals surface area contributed by atoms with E-state index in [0.29, 0.717) is 35.6 Å². The SMILES string of the molecule is CCc1ccc(OCc2nnc(SCc3nc(-c4ccc([N+](=O)[O-])cc4)no3)n2CC(C)C)cc1. The Morgan fingerprint density at radius 1 is 1.11 bits per heavy atom. The van der Waals surface area contributed by atoms with E-state index < -0.39 is 4.92 Å². The Hall–Kier alpha value is -3.73. The lowest BCUT2D eigenvalue weighted by Gasteiger charge is -2.13. The summed E-state index contributed by atoms with van der Waals surface area (Å²) in [7, 11) is 0. The summed E-state index contributed by atoms with van der Waals surface area (Å²) in [6, 6.07) is 14.1. The van der Waals surface area contributed by atoms with Crippen LogP contribution in [0.4, 0.5) is 5.69 Å². The fraction of sp³-hybridized carbons (Fsp3) is 0.333. The van der Waals surface area contributed by atoms with Gasteiger partial charge in [-0.3, -0.25) is 10.1 Å². The molecule has 10 nitrogen and oxygen atoms in total. The van der Waals surface area contributed by atoms with Gasteiger partial charge in [-0.1, -0.05) is 49.8 Å². The smallest absolute Gasteiger partial charge is 0.269 e. The lowest BCUT2D eigenvalue weighted by atomic mass is 10.2. The second-order valence-corrected chi connectivity index (χ2v) is 9.24. The van der Waals surface area contributed by atoms with Crippen molar-refractivity contribution >= 4 is 17.4 Å². The average Bonchev–Trinajstić information content (AvgIpc) is 3.48. The third kappa shape index (κ3) is 6.24. The monoisotopic (exact) mass is 494 g/mol. The number of nitro benzene ring substituents is 1. The molecule has 0 aliphatic heterocycles. The van der Waals surface area contributed by atoms with E-state index in [4.69, 9.17) is 9.26 Å². The fourth-order valence-corrected chi connectivity index (χ4v) is 4.14. The number of rotatable bonds is 11. The van der Waals surface area contributed by atoms with Crippen LogP contribution in [0.15, 0.2) is 58.2 Å². The molecule has 0 radical (unpaired) electrons. The molecule has 0 amide bonds. The van der Waals surface area contributed by atoms with Crippen LogP contribution >= 0.6 is 11.8 Å². The molecule has 0 bridgehead atoms. The topological polar surface area (TPSA) is 122 Å². The van der Waals surface area contributed by atoms with Crippen LogP contribution in [0.1, 0.15) is 38.0 Å². The van der Waals surface area contributed by atoms with Crippen LogP contribution in [0.25, 0.3) is 11.4 Å². The van der Waals surface area contributed by atoms with Gasteiger partial charge in [0, 0.05) is 24.2 Å². The highest BCUT2D eigenvalue weighted by atomic mass is 32.2. The Morgan fingerprint density at radius 3 is 2.51 bits per heavy atom. The quantitative estimate of drug-likeness (QED) is 0.155. The van der Waals surface area contributed by atoms with E-state index in [1.807, 2.05) is 12.1 Å². The second-order valence-electron chi connectivity index (χ2n) is 8.29. The van der Waals surface area contributed by atoms with Gasteiger partial charge in [0.25, 0.3) is 5.69 Å². The van der Waals surface area contributed by atoms with Crippen molar-refractivity contribution in [1.29, 1.82) is 0 Å². The molecule has 11 heteroatoms. The molecule has 0 saturated carbocycles. The van der Waals surface area contributed by atoms with Crippen LogP contribution in [-0.2, 0) is 25.3 Å². The van der Waals surface area contributed by atoms with Gasteiger partial charge in [-0.15, -0.1) is 10.2 Å². The van der Waals surface area contributed by atoms with Crippen LogP contribution in [0, 0.1) is 16.0 Å². The van der Waals surface area contributed by atoms with Gasteiger partial charge in [0.1, 0.15) is 12.4 Å². The van der Waals surface area contributed by atoms with E-state index in [1.54, 1.807) is 12.1 Å². The van der Waals surface area contributed by atoms with E-state index in [0.717, 1.165) is 29.7 Å². The molecule has 182 valence electrons. The van der Waals surface area contributed by atoms with E-state index >= 15 is 0 Å². The summed E-state index contributed by atoms with van der Waals surface area (Å²) < 4.78 is 13.4. The highest BCUT2D eigenvalue weighted by molar-refractivity contribution is 7.98. The van der Waals surface area contributed by atoms with Crippen LogP contribution in [0.2, 0.25) is 0 Å². The van der Waals surface area contributed by atoms with Gasteiger partial charge in [-0.25, -0.2) is 0 Å². The van der Waals surface area contributed by atoms with Gasteiger partial charge < -0.3 is 13.8 Å². The molecule has 35 heavy (non-hydrogen) atoms. The number of nitrogens with zero attached hydrogens (tertiary/aromatic N) is 6. The molecule has 0 N–H and O–H groups in total. The molecule has 0 fully saturated rings. The number of thioether (sulfide) groups is 1. The maximum absolute atomic E-state index is 10.8. The first-order valence-corrected chi connectivity index (χ1v) is 12.3. The van der Waals surface area contributed by atoms with Crippen molar-refractivity contribution in [2.45, 2.75) is 51.3 Å². The Kier molecular flexibility index (Phi) is 7.76. The molecule has 0 spiro atoms. The zero-order chi connectivity index (χ0) is 24.8. The predicted octanol–water partition coefficient (Wildman–Crippen LogP) is 5.33. The minimum Gasteiger partial charge on any atom is -0.486 e. The summed E-state index contributed by atoms with van der Waals surface area (Å²) >= 11 is 1.45. The lowest BCUT2D eigenvalue weighted by molar-refractivity contribution is -0.384. The fourth-order valence-electron chi connectivity index (χ4n) is 3.34. The van der Waals surface area contributed by atoms with Gasteiger partial charge in [-0.2, -0.15) is 4.98 Å². The first kappa shape index (κ1) is 24.4. The Labute approximate surface area is 206 Å². The van der Waals surface area contributed by atoms with Crippen LogP contribution in [0.5, 0.6) is 5.75 Å². The number of non-ortho nitro benzene ring substituents is 1. The molecule has 2 aromatic carbocycles. The first-order chi connectivity index (χ1) is 16.9. The van der Waals surface area contributed by atoms with Crippen molar-refractivity contribution < 1.29 is 14.2 Å².